The highest BCUT2D eigenvalue weighted by molar-refractivity contribution is 5.97. The summed E-state index contributed by atoms with van der Waals surface area (Å²) >= 11 is 0. The molecule has 46 heavy (non-hydrogen) atoms. The van der Waals surface area contributed by atoms with Gasteiger partial charge in [-0.15, -0.1) is 0 Å². The second-order valence-electron chi connectivity index (χ2n) is 13.2. The molecule has 9 heteroatoms. The van der Waals surface area contributed by atoms with Gasteiger partial charge in [0.25, 0.3) is 0 Å². The number of nitrogens with zero attached hydrogens (tertiary/aromatic N) is 7. The Labute approximate surface area is 273 Å². The van der Waals surface area contributed by atoms with Gasteiger partial charge in [0, 0.05) is 55.9 Å². The Morgan fingerprint density at radius 3 is 2.70 bits per heavy atom. The van der Waals surface area contributed by atoms with Gasteiger partial charge in [-0.3, -0.25) is 4.79 Å². The standard InChI is InChI=1S/C37H47N7O2/c1-4-34(45)44-21-20-43(25-30(44)16-18-38)36-31-17-19-42(33-15-9-14-29-13-8-10-27(2)35(29)33)26-32(31)39-37(40-36)46-23-22-41(3)24-28-11-6-5-7-12-28/h4,8-10,13-15,28,30H,1,5-7,11-12,16-17,19-26H2,2-3H3/t30-/m0/s1. The Balaban J connectivity index is 1.26. The third-order valence-corrected chi connectivity index (χ3v) is 10.0. The molecule has 6 rings (SSSR count). The topological polar surface area (TPSA) is 88.8 Å². The number of carbonyl (C=O) groups is 1. The predicted molar refractivity (Wildman–Crippen MR) is 183 cm³/mol. The van der Waals surface area contributed by atoms with Crippen molar-refractivity contribution < 1.29 is 9.53 Å². The van der Waals surface area contributed by atoms with E-state index in [1.807, 2.05) is 0 Å². The van der Waals surface area contributed by atoms with E-state index in [1.165, 1.54) is 60.2 Å². The highest BCUT2D eigenvalue weighted by atomic mass is 16.5. The minimum absolute atomic E-state index is 0.132. The summed E-state index contributed by atoms with van der Waals surface area (Å²) in [5.41, 5.74) is 4.60. The largest absolute Gasteiger partial charge is 0.462 e. The van der Waals surface area contributed by atoms with Gasteiger partial charge < -0.3 is 24.3 Å². The Morgan fingerprint density at radius 1 is 1.11 bits per heavy atom. The number of fused-ring (bicyclic) bond motifs is 2. The van der Waals surface area contributed by atoms with Gasteiger partial charge in [-0.25, -0.2) is 0 Å². The first kappa shape index (κ1) is 31.8. The highest BCUT2D eigenvalue weighted by Crippen LogP contribution is 2.36. The predicted octanol–water partition coefficient (Wildman–Crippen LogP) is 5.51. The molecule has 0 spiro atoms. The number of piperazine rings is 1. The van der Waals surface area contributed by atoms with Gasteiger partial charge in [0.15, 0.2) is 0 Å². The summed E-state index contributed by atoms with van der Waals surface area (Å²) in [7, 11) is 2.18. The molecule has 1 aromatic heterocycles. The Bertz CT molecular complexity index is 1590. The van der Waals surface area contributed by atoms with Gasteiger partial charge in [-0.1, -0.05) is 56.2 Å². The molecule has 0 N–H and O–H groups in total. The molecular formula is C37H47N7O2. The van der Waals surface area contributed by atoms with E-state index in [0.29, 0.717) is 38.8 Å². The maximum atomic E-state index is 12.6. The Morgan fingerprint density at radius 2 is 1.91 bits per heavy atom. The molecule has 1 atom stereocenters. The number of anilines is 2. The van der Waals surface area contributed by atoms with Crippen LogP contribution in [0.4, 0.5) is 11.5 Å². The van der Waals surface area contributed by atoms with Crippen molar-refractivity contribution in [3.8, 4) is 12.1 Å². The van der Waals surface area contributed by atoms with Crippen LogP contribution in [0.15, 0.2) is 49.1 Å². The summed E-state index contributed by atoms with van der Waals surface area (Å²) in [5.74, 6) is 1.52. The van der Waals surface area contributed by atoms with E-state index in [4.69, 9.17) is 14.7 Å². The number of benzene rings is 2. The fourth-order valence-electron chi connectivity index (χ4n) is 7.62. The zero-order valence-corrected chi connectivity index (χ0v) is 27.5. The lowest BCUT2D eigenvalue weighted by atomic mass is 9.89. The minimum atomic E-state index is -0.230. The number of amides is 1. The van der Waals surface area contributed by atoms with Crippen LogP contribution in [0, 0.1) is 24.2 Å². The Hall–Kier alpha value is -4.16. The maximum absolute atomic E-state index is 12.6. The fourth-order valence-corrected chi connectivity index (χ4v) is 7.62. The molecule has 2 aromatic carbocycles. The molecule has 0 bridgehead atoms. The average molecular weight is 622 g/mol. The first-order valence-corrected chi connectivity index (χ1v) is 16.9. The lowest BCUT2D eigenvalue weighted by Gasteiger charge is -2.42. The van der Waals surface area contributed by atoms with Crippen LogP contribution in [0.3, 0.4) is 0 Å². The molecule has 242 valence electrons. The molecule has 3 aromatic rings. The van der Waals surface area contributed by atoms with Crippen molar-refractivity contribution in [1.82, 2.24) is 19.8 Å². The van der Waals surface area contributed by atoms with Crippen molar-refractivity contribution in [3.05, 3.63) is 65.9 Å². The zero-order valence-electron chi connectivity index (χ0n) is 27.5. The first-order chi connectivity index (χ1) is 22.4. The van der Waals surface area contributed by atoms with Crippen LogP contribution in [0.1, 0.15) is 55.3 Å². The number of aryl methyl sites for hydroxylation is 1. The van der Waals surface area contributed by atoms with E-state index < -0.39 is 0 Å². The molecule has 2 fully saturated rings. The fraction of sp³-hybridized carbons (Fsp3) is 0.514. The summed E-state index contributed by atoms with van der Waals surface area (Å²) in [5, 5.41) is 12.1. The van der Waals surface area contributed by atoms with Crippen LogP contribution in [0.25, 0.3) is 10.8 Å². The second kappa shape index (κ2) is 14.5. The molecule has 1 aliphatic carbocycles. The van der Waals surface area contributed by atoms with Gasteiger partial charge in [-0.2, -0.15) is 15.2 Å². The van der Waals surface area contributed by atoms with Gasteiger partial charge in [0.05, 0.1) is 30.8 Å². The van der Waals surface area contributed by atoms with E-state index in [9.17, 15) is 10.1 Å². The summed E-state index contributed by atoms with van der Waals surface area (Å²) < 4.78 is 6.31. The maximum Gasteiger partial charge on any atom is 0.318 e. The molecule has 1 amide bonds. The van der Waals surface area contributed by atoms with E-state index in [-0.39, 0.29) is 18.4 Å². The summed E-state index contributed by atoms with van der Waals surface area (Å²) in [6.07, 6.45) is 9.12. The third-order valence-electron chi connectivity index (χ3n) is 10.0. The van der Waals surface area contributed by atoms with Gasteiger partial charge in [0.1, 0.15) is 12.4 Å². The molecule has 1 saturated carbocycles. The van der Waals surface area contributed by atoms with Gasteiger partial charge in [0.2, 0.25) is 5.91 Å². The number of hydrogen-bond donors (Lipinski definition) is 0. The van der Waals surface area contributed by atoms with E-state index in [0.717, 1.165) is 49.0 Å². The van der Waals surface area contributed by atoms with Crippen LogP contribution < -0.4 is 14.5 Å². The summed E-state index contributed by atoms with van der Waals surface area (Å²) in [6.45, 7) is 11.5. The quantitative estimate of drug-likeness (QED) is 0.274. The van der Waals surface area contributed by atoms with Gasteiger partial charge in [-0.05, 0) is 62.2 Å². The lowest BCUT2D eigenvalue weighted by molar-refractivity contribution is -0.128. The molecular weight excluding hydrogens is 574 g/mol. The number of hydrogen-bond acceptors (Lipinski definition) is 8. The zero-order chi connectivity index (χ0) is 32.0. The molecule has 3 heterocycles. The van der Waals surface area contributed by atoms with Gasteiger partial charge >= 0.3 is 6.01 Å². The highest BCUT2D eigenvalue weighted by Gasteiger charge is 2.33. The summed E-state index contributed by atoms with van der Waals surface area (Å²) in [6, 6.07) is 15.4. The van der Waals surface area contributed by atoms with E-state index >= 15 is 0 Å². The normalized spacial score (nSPS) is 18.8. The number of ether oxygens (including phenoxy) is 1. The van der Waals surface area contributed by atoms with Crippen LogP contribution in [-0.2, 0) is 17.8 Å². The van der Waals surface area contributed by atoms with Crippen molar-refractivity contribution in [2.75, 3.05) is 62.7 Å². The first-order valence-electron chi connectivity index (χ1n) is 16.9. The number of nitriles is 1. The van der Waals surface area contributed by atoms with Crippen molar-refractivity contribution in [2.45, 2.75) is 64.5 Å². The molecule has 9 nitrogen and oxygen atoms in total. The van der Waals surface area contributed by atoms with E-state index in [1.54, 1.807) is 4.90 Å². The van der Waals surface area contributed by atoms with Crippen LogP contribution >= 0.6 is 0 Å². The summed E-state index contributed by atoms with van der Waals surface area (Å²) in [4.78, 5) is 31.4. The average Bonchev–Trinajstić information content (AvgIpc) is 3.08. The van der Waals surface area contributed by atoms with Crippen molar-refractivity contribution >= 4 is 28.2 Å². The molecule has 2 aliphatic heterocycles. The lowest BCUT2D eigenvalue weighted by Crippen LogP contribution is -2.55. The van der Waals surface area contributed by atoms with Crippen LogP contribution in [0.2, 0.25) is 0 Å². The van der Waals surface area contributed by atoms with Crippen molar-refractivity contribution in [3.63, 3.8) is 0 Å². The monoisotopic (exact) mass is 621 g/mol. The van der Waals surface area contributed by atoms with Crippen LogP contribution in [0.5, 0.6) is 6.01 Å². The smallest absolute Gasteiger partial charge is 0.318 e. The third kappa shape index (κ3) is 6.97. The number of likely N-dealkylation sites (N-methyl/N-ethyl adjacent to an activating group) is 1. The minimum Gasteiger partial charge on any atom is -0.462 e. The SMILES string of the molecule is C=CC(=O)N1CCN(c2nc(OCCN(C)CC3CCCCC3)nc3c2CCN(c2cccc4cccc(C)c24)C3)C[C@@H]1CC#N. The molecule has 1 saturated heterocycles. The van der Waals surface area contributed by atoms with E-state index in [2.05, 4.69) is 77.7 Å². The molecule has 3 aliphatic rings. The molecule has 0 unspecified atom stereocenters. The number of rotatable bonds is 10. The van der Waals surface area contributed by atoms with Crippen LogP contribution in [-0.4, -0.2) is 84.6 Å². The number of aromatic nitrogens is 2. The Kier molecular flexibility index (Phi) is 10.0. The van der Waals surface area contributed by atoms with Crippen molar-refractivity contribution in [2.24, 2.45) is 5.92 Å². The molecule has 0 radical (unpaired) electrons. The number of carbonyl (C=O) groups excluding carboxylic acids is 1. The van der Waals surface area contributed by atoms with Crippen molar-refractivity contribution in [1.29, 1.82) is 5.26 Å². The second-order valence-corrected chi connectivity index (χ2v) is 13.2.